The van der Waals surface area contributed by atoms with E-state index >= 15 is 0 Å². The van der Waals surface area contributed by atoms with E-state index in [1.807, 2.05) is 5.51 Å². The van der Waals surface area contributed by atoms with E-state index in [1.54, 1.807) is 11.3 Å². The summed E-state index contributed by atoms with van der Waals surface area (Å²) < 4.78 is 1.29. The van der Waals surface area contributed by atoms with Gasteiger partial charge in [-0.15, -0.1) is 11.3 Å². The fourth-order valence-electron chi connectivity index (χ4n) is 1.11. The smallest absolute Gasteiger partial charge is 0.0814 e. The fraction of sp³-hybridized carbons (Fsp3) is 0.222. The molecule has 2 rings (SSSR count). The molecule has 1 heterocycles. The van der Waals surface area contributed by atoms with Crippen molar-refractivity contribution in [3.05, 3.63) is 28.8 Å². The van der Waals surface area contributed by atoms with Gasteiger partial charge in [0.2, 0.25) is 0 Å². The monoisotopic (exact) mass is 163 g/mol. The molecular formula is C9H9NS. The van der Waals surface area contributed by atoms with E-state index in [0.717, 1.165) is 5.52 Å². The molecule has 1 aromatic carbocycles. The van der Waals surface area contributed by atoms with Crippen molar-refractivity contribution in [1.82, 2.24) is 4.98 Å². The normalized spacial score (nSPS) is 10.7. The molecule has 0 aliphatic rings. The van der Waals surface area contributed by atoms with Crippen LogP contribution in [0.25, 0.3) is 10.2 Å². The molecule has 2 heteroatoms. The topological polar surface area (TPSA) is 12.9 Å². The van der Waals surface area contributed by atoms with Gasteiger partial charge in [0.25, 0.3) is 0 Å². The minimum Gasteiger partial charge on any atom is -0.245 e. The summed E-state index contributed by atoms with van der Waals surface area (Å²) in [5.74, 6) is 0. The number of aryl methyl sites for hydroxylation is 2. The highest BCUT2D eigenvalue weighted by molar-refractivity contribution is 7.16. The third kappa shape index (κ3) is 1.03. The molecule has 1 nitrogen and oxygen atoms in total. The van der Waals surface area contributed by atoms with Gasteiger partial charge in [-0.1, -0.05) is 0 Å². The predicted molar refractivity (Wildman–Crippen MR) is 49.1 cm³/mol. The minimum atomic E-state index is 1.12. The Bertz CT molecular complexity index is 353. The molecule has 0 atom stereocenters. The molecule has 0 spiro atoms. The summed E-state index contributed by atoms with van der Waals surface area (Å²) in [5, 5.41) is 0. The highest BCUT2D eigenvalue weighted by Gasteiger charge is 1.98. The second kappa shape index (κ2) is 2.31. The molecule has 2 aromatic rings. The molecule has 56 valence electrons. The summed E-state index contributed by atoms with van der Waals surface area (Å²) in [6.45, 7) is 4.25. The van der Waals surface area contributed by atoms with E-state index in [2.05, 4.69) is 31.0 Å². The molecule has 0 fully saturated rings. The van der Waals surface area contributed by atoms with Crippen LogP contribution in [0, 0.1) is 13.8 Å². The third-order valence-electron chi connectivity index (χ3n) is 1.95. The highest BCUT2D eigenvalue weighted by atomic mass is 32.1. The Kier molecular flexibility index (Phi) is 1.43. The fourth-order valence-corrected chi connectivity index (χ4v) is 1.87. The molecule has 0 aliphatic carbocycles. The van der Waals surface area contributed by atoms with Crippen LogP contribution in [0.3, 0.4) is 0 Å². The Balaban J connectivity index is 2.86. The van der Waals surface area contributed by atoms with Crippen molar-refractivity contribution >= 4 is 21.6 Å². The van der Waals surface area contributed by atoms with Gasteiger partial charge in [0, 0.05) is 0 Å². The van der Waals surface area contributed by atoms with Gasteiger partial charge in [-0.3, -0.25) is 0 Å². The average molecular weight is 163 g/mol. The minimum absolute atomic E-state index is 1.12. The van der Waals surface area contributed by atoms with E-state index in [1.165, 1.54) is 15.8 Å². The van der Waals surface area contributed by atoms with Gasteiger partial charge in [-0.2, -0.15) is 0 Å². The van der Waals surface area contributed by atoms with Crippen LogP contribution < -0.4 is 0 Å². The summed E-state index contributed by atoms with van der Waals surface area (Å²) in [6, 6.07) is 4.34. The first-order valence-electron chi connectivity index (χ1n) is 3.58. The number of nitrogens with zero attached hydrogens (tertiary/aromatic N) is 1. The van der Waals surface area contributed by atoms with Gasteiger partial charge in [0.05, 0.1) is 15.7 Å². The number of thiazole rings is 1. The van der Waals surface area contributed by atoms with Gasteiger partial charge in [-0.25, -0.2) is 4.98 Å². The lowest BCUT2D eigenvalue weighted by Crippen LogP contribution is -1.78. The first-order valence-corrected chi connectivity index (χ1v) is 4.46. The number of fused-ring (bicyclic) bond motifs is 1. The molecule has 11 heavy (non-hydrogen) atoms. The first-order chi connectivity index (χ1) is 5.27. The summed E-state index contributed by atoms with van der Waals surface area (Å²) in [5.41, 5.74) is 5.69. The van der Waals surface area contributed by atoms with Crippen LogP contribution in [-0.4, -0.2) is 4.98 Å². The molecule has 0 amide bonds. The van der Waals surface area contributed by atoms with Crippen LogP contribution >= 0.6 is 11.3 Å². The number of hydrogen-bond acceptors (Lipinski definition) is 2. The number of hydrogen-bond donors (Lipinski definition) is 0. The zero-order valence-corrected chi connectivity index (χ0v) is 7.40. The van der Waals surface area contributed by atoms with Crippen LogP contribution in [0.2, 0.25) is 0 Å². The summed E-state index contributed by atoms with van der Waals surface area (Å²) >= 11 is 1.70. The summed E-state index contributed by atoms with van der Waals surface area (Å²) in [6.07, 6.45) is 0. The summed E-state index contributed by atoms with van der Waals surface area (Å²) in [7, 11) is 0. The predicted octanol–water partition coefficient (Wildman–Crippen LogP) is 2.91. The van der Waals surface area contributed by atoms with E-state index in [-0.39, 0.29) is 0 Å². The van der Waals surface area contributed by atoms with E-state index < -0.39 is 0 Å². The van der Waals surface area contributed by atoms with Crippen LogP contribution in [0.15, 0.2) is 17.6 Å². The molecule has 0 saturated heterocycles. The molecule has 0 aliphatic heterocycles. The molecule has 1 aromatic heterocycles. The maximum atomic E-state index is 4.24. The van der Waals surface area contributed by atoms with Crippen molar-refractivity contribution in [1.29, 1.82) is 0 Å². The lowest BCUT2D eigenvalue weighted by Gasteiger charge is -1.97. The van der Waals surface area contributed by atoms with Crippen LogP contribution in [-0.2, 0) is 0 Å². The largest absolute Gasteiger partial charge is 0.245 e. The quantitative estimate of drug-likeness (QED) is 0.582. The molecule has 0 N–H and O–H groups in total. The maximum absolute atomic E-state index is 4.24. The number of aromatic nitrogens is 1. The molecule has 0 radical (unpaired) electrons. The Morgan fingerprint density at radius 2 is 1.91 bits per heavy atom. The lowest BCUT2D eigenvalue weighted by molar-refractivity contribution is 1.35. The van der Waals surface area contributed by atoms with E-state index in [9.17, 15) is 0 Å². The SMILES string of the molecule is Cc1cc2ncsc2cc1C. The molecular weight excluding hydrogens is 154 g/mol. The average Bonchev–Trinajstić information content (AvgIpc) is 2.36. The van der Waals surface area contributed by atoms with Crippen molar-refractivity contribution in [2.75, 3.05) is 0 Å². The second-order valence-corrected chi connectivity index (χ2v) is 3.64. The number of benzene rings is 1. The van der Waals surface area contributed by atoms with Crippen LogP contribution in [0.5, 0.6) is 0 Å². The van der Waals surface area contributed by atoms with Crippen molar-refractivity contribution in [3.63, 3.8) is 0 Å². The van der Waals surface area contributed by atoms with Gasteiger partial charge in [0.1, 0.15) is 0 Å². The maximum Gasteiger partial charge on any atom is 0.0814 e. The summed E-state index contributed by atoms with van der Waals surface area (Å²) in [4.78, 5) is 4.24. The zero-order chi connectivity index (χ0) is 7.84. The zero-order valence-electron chi connectivity index (χ0n) is 6.59. The van der Waals surface area contributed by atoms with Gasteiger partial charge in [0.15, 0.2) is 0 Å². The highest BCUT2D eigenvalue weighted by Crippen LogP contribution is 2.21. The van der Waals surface area contributed by atoms with E-state index in [4.69, 9.17) is 0 Å². The Labute approximate surface area is 69.7 Å². The van der Waals surface area contributed by atoms with Crippen molar-refractivity contribution in [2.24, 2.45) is 0 Å². The second-order valence-electron chi connectivity index (χ2n) is 2.76. The van der Waals surface area contributed by atoms with E-state index in [0.29, 0.717) is 0 Å². The Morgan fingerprint density at radius 1 is 1.18 bits per heavy atom. The van der Waals surface area contributed by atoms with Crippen molar-refractivity contribution < 1.29 is 0 Å². The van der Waals surface area contributed by atoms with Crippen LogP contribution in [0.1, 0.15) is 11.1 Å². The van der Waals surface area contributed by atoms with Crippen molar-refractivity contribution in [3.8, 4) is 0 Å². The first kappa shape index (κ1) is 6.80. The Hall–Kier alpha value is -0.890. The lowest BCUT2D eigenvalue weighted by atomic mass is 10.1. The van der Waals surface area contributed by atoms with Gasteiger partial charge in [-0.05, 0) is 37.1 Å². The van der Waals surface area contributed by atoms with Crippen LogP contribution in [0.4, 0.5) is 0 Å². The Morgan fingerprint density at radius 3 is 2.73 bits per heavy atom. The molecule has 0 bridgehead atoms. The van der Waals surface area contributed by atoms with Gasteiger partial charge < -0.3 is 0 Å². The van der Waals surface area contributed by atoms with Gasteiger partial charge >= 0.3 is 0 Å². The van der Waals surface area contributed by atoms with Crippen molar-refractivity contribution in [2.45, 2.75) is 13.8 Å². The molecule has 0 saturated carbocycles. The third-order valence-corrected chi connectivity index (χ3v) is 2.74. The number of rotatable bonds is 0. The standard InChI is InChI=1S/C9H9NS/c1-6-3-8-9(4-7(6)2)11-5-10-8/h3-5H,1-2H3. The molecule has 0 unspecified atom stereocenters.